The second kappa shape index (κ2) is 7.13. The minimum absolute atomic E-state index is 0.124. The maximum atomic E-state index is 12.1. The molecule has 7 heteroatoms. The van der Waals surface area contributed by atoms with Crippen LogP contribution in [0, 0.1) is 6.92 Å². The summed E-state index contributed by atoms with van der Waals surface area (Å²) in [5.41, 5.74) is 1.15. The van der Waals surface area contributed by atoms with Crippen LogP contribution in [-0.4, -0.2) is 38.0 Å². The Morgan fingerprint density at radius 2 is 1.91 bits per heavy atom. The first kappa shape index (κ1) is 15.3. The average Bonchev–Trinajstić information content (AvgIpc) is 2.58. The molecular formula is C16H19N5O2. The first-order valence-corrected chi connectivity index (χ1v) is 7.73. The molecule has 2 aromatic heterocycles. The molecule has 0 saturated heterocycles. The summed E-state index contributed by atoms with van der Waals surface area (Å²) >= 11 is 0. The van der Waals surface area contributed by atoms with E-state index in [-0.39, 0.29) is 18.1 Å². The Hall–Kier alpha value is -2.57. The molecule has 0 aliphatic heterocycles. The van der Waals surface area contributed by atoms with Gasteiger partial charge >= 0.3 is 0 Å². The monoisotopic (exact) mass is 313 g/mol. The van der Waals surface area contributed by atoms with E-state index in [0.29, 0.717) is 11.6 Å². The highest BCUT2D eigenvalue weighted by Gasteiger charge is 2.24. The van der Waals surface area contributed by atoms with E-state index in [1.54, 1.807) is 24.8 Å². The van der Waals surface area contributed by atoms with Crippen LogP contribution < -0.4 is 10.1 Å². The summed E-state index contributed by atoms with van der Waals surface area (Å²) < 4.78 is 5.80. The van der Waals surface area contributed by atoms with Crippen molar-refractivity contribution >= 4 is 5.91 Å². The van der Waals surface area contributed by atoms with Crippen molar-refractivity contribution in [3.63, 3.8) is 0 Å². The topological polar surface area (TPSA) is 89.9 Å². The largest absolute Gasteiger partial charge is 0.473 e. The molecule has 1 N–H and O–H groups in total. The highest BCUT2D eigenvalue weighted by atomic mass is 16.5. The van der Waals surface area contributed by atoms with Gasteiger partial charge in [-0.05, 0) is 32.6 Å². The molecule has 2 heterocycles. The van der Waals surface area contributed by atoms with Crippen LogP contribution in [0.3, 0.4) is 0 Å². The number of nitrogens with one attached hydrogen (secondary N) is 1. The molecule has 2 aromatic rings. The quantitative estimate of drug-likeness (QED) is 0.924. The van der Waals surface area contributed by atoms with Gasteiger partial charge in [0.05, 0.1) is 18.1 Å². The van der Waals surface area contributed by atoms with Crippen LogP contribution in [0.1, 0.15) is 41.9 Å². The highest BCUT2D eigenvalue weighted by Crippen LogP contribution is 2.22. The first-order valence-electron chi connectivity index (χ1n) is 7.73. The fraction of sp³-hybridized carbons (Fsp3) is 0.438. The third-order valence-electron chi connectivity index (χ3n) is 3.85. The van der Waals surface area contributed by atoms with E-state index in [1.165, 1.54) is 6.20 Å². The van der Waals surface area contributed by atoms with Crippen LogP contribution in [0.25, 0.3) is 0 Å². The SMILES string of the molecule is Cc1cnc(C(=O)NC2CCC(Oc3cnccn3)CC2)cn1. The Balaban J connectivity index is 1.47. The molecule has 120 valence electrons. The number of hydrogen-bond acceptors (Lipinski definition) is 6. The lowest BCUT2D eigenvalue weighted by atomic mass is 9.93. The Kier molecular flexibility index (Phi) is 4.75. The Labute approximate surface area is 134 Å². The molecule has 1 aliphatic rings. The molecule has 0 atom stereocenters. The molecule has 0 radical (unpaired) electrons. The van der Waals surface area contributed by atoms with Crippen molar-refractivity contribution in [2.45, 2.75) is 44.8 Å². The number of nitrogens with zero attached hydrogens (tertiary/aromatic N) is 4. The van der Waals surface area contributed by atoms with Gasteiger partial charge in [-0.15, -0.1) is 0 Å². The third-order valence-corrected chi connectivity index (χ3v) is 3.85. The van der Waals surface area contributed by atoms with E-state index >= 15 is 0 Å². The second-order valence-corrected chi connectivity index (χ2v) is 5.65. The number of aryl methyl sites for hydroxylation is 1. The normalized spacial score (nSPS) is 20.7. The highest BCUT2D eigenvalue weighted by molar-refractivity contribution is 5.92. The zero-order chi connectivity index (χ0) is 16.1. The fourth-order valence-electron chi connectivity index (χ4n) is 2.61. The zero-order valence-corrected chi connectivity index (χ0v) is 13.0. The molecule has 1 amide bonds. The van der Waals surface area contributed by atoms with Crippen LogP contribution in [-0.2, 0) is 0 Å². The standard InChI is InChI=1S/C16H19N5O2/c1-11-8-20-14(9-19-11)16(22)21-12-2-4-13(5-3-12)23-15-10-17-6-7-18-15/h6-10,12-13H,2-5H2,1H3,(H,21,22). The number of ether oxygens (including phenoxy) is 1. The number of rotatable bonds is 4. The van der Waals surface area contributed by atoms with Crippen molar-refractivity contribution in [1.82, 2.24) is 25.3 Å². The summed E-state index contributed by atoms with van der Waals surface area (Å²) in [5.74, 6) is 0.380. The van der Waals surface area contributed by atoms with Gasteiger partial charge in [-0.25, -0.2) is 9.97 Å². The molecule has 0 bridgehead atoms. The van der Waals surface area contributed by atoms with E-state index in [0.717, 1.165) is 31.4 Å². The molecule has 23 heavy (non-hydrogen) atoms. The molecule has 3 rings (SSSR count). The minimum Gasteiger partial charge on any atom is -0.473 e. The molecule has 7 nitrogen and oxygen atoms in total. The Morgan fingerprint density at radius 1 is 1.09 bits per heavy atom. The summed E-state index contributed by atoms with van der Waals surface area (Å²) in [6.45, 7) is 1.84. The zero-order valence-electron chi connectivity index (χ0n) is 13.0. The smallest absolute Gasteiger partial charge is 0.271 e. The van der Waals surface area contributed by atoms with Crippen molar-refractivity contribution in [1.29, 1.82) is 0 Å². The van der Waals surface area contributed by atoms with Gasteiger partial charge in [-0.1, -0.05) is 0 Å². The lowest BCUT2D eigenvalue weighted by Crippen LogP contribution is -2.40. The molecule has 1 saturated carbocycles. The summed E-state index contributed by atoms with van der Waals surface area (Å²) in [4.78, 5) is 28.4. The lowest BCUT2D eigenvalue weighted by Gasteiger charge is -2.28. The fourth-order valence-corrected chi connectivity index (χ4v) is 2.61. The maximum absolute atomic E-state index is 12.1. The Bertz CT molecular complexity index is 639. The summed E-state index contributed by atoms with van der Waals surface area (Å²) in [5, 5.41) is 3.01. The van der Waals surface area contributed by atoms with E-state index in [4.69, 9.17) is 4.74 Å². The van der Waals surface area contributed by atoms with Gasteiger partial charge in [0.25, 0.3) is 5.91 Å². The van der Waals surface area contributed by atoms with Crippen molar-refractivity contribution in [3.05, 3.63) is 42.4 Å². The van der Waals surface area contributed by atoms with Crippen molar-refractivity contribution in [2.75, 3.05) is 0 Å². The van der Waals surface area contributed by atoms with Gasteiger partial charge in [0.2, 0.25) is 5.88 Å². The summed E-state index contributed by atoms with van der Waals surface area (Å²) in [6.07, 6.45) is 11.6. The number of carbonyl (C=O) groups excluding carboxylic acids is 1. The molecule has 1 aliphatic carbocycles. The van der Waals surface area contributed by atoms with Crippen LogP contribution in [0.5, 0.6) is 5.88 Å². The molecule has 0 unspecified atom stereocenters. The molecular weight excluding hydrogens is 294 g/mol. The van der Waals surface area contributed by atoms with Gasteiger partial charge in [0.1, 0.15) is 11.8 Å². The minimum atomic E-state index is -0.171. The van der Waals surface area contributed by atoms with Gasteiger partial charge in [0.15, 0.2) is 0 Å². The Morgan fingerprint density at radius 3 is 2.57 bits per heavy atom. The predicted molar refractivity (Wildman–Crippen MR) is 82.9 cm³/mol. The van der Waals surface area contributed by atoms with E-state index in [1.807, 2.05) is 6.92 Å². The maximum Gasteiger partial charge on any atom is 0.271 e. The lowest BCUT2D eigenvalue weighted by molar-refractivity contribution is 0.0884. The van der Waals surface area contributed by atoms with E-state index in [2.05, 4.69) is 25.3 Å². The van der Waals surface area contributed by atoms with Gasteiger partial charge < -0.3 is 10.1 Å². The number of amides is 1. The van der Waals surface area contributed by atoms with Crippen LogP contribution in [0.4, 0.5) is 0 Å². The van der Waals surface area contributed by atoms with Gasteiger partial charge in [0, 0.05) is 24.6 Å². The predicted octanol–water partition coefficient (Wildman–Crippen LogP) is 1.70. The summed E-state index contributed by atoms with van der Waals surface area (Å²) in [6, 6.07) is 0.146. The molecule has 0 aromatic carbocycles. The first-order chi connectivity index (χ1) is 11.2. The molecule has 0 spiro atoms. The number of hydrogen-bond donors (Lipinski definition) is 1. The molecule has 1 fully saturated rings. The van der Waals surface area contributed by atoms with Crippen LogP contribution in [0.15, 0.2) is 31.0 Å². The van der Waals surface area contributed by atoms with Crippen molar-refractivity contribution in [2.24, 2.45) is 0 Å². The van der Waals surface area contributed by atoms with Crippen molar-refractivity contribution < 1.29 is 9.53 Å². The van der Waals surface area contributed by atoms with Crippen LogP contribution in [0.2, 0.25) is 0 Å². The summed E-state index contributed by atoms with van der Waals surface area (Å²) in [7, 11) is 0. The average molecular weight is 313 g/mol. The second-order valence-electron chi connectivity index (χ2n) is 5.65. The third kappa shape index (κ3) is 4.21. The van der Waals surface area contributed by atoms with Gasteiger partial charge in [-0.2, -0.15) is 0 Å². The number of aromatic nitrogens is 4. The van der Waals surface area contributed by atoms with E-state index in [9.17, 15) is 4.79 Å². The van der Waals surface area contributed by atoms with Crippen LogP contribution >= 0.6 is 0 Å². The van der Waals surface area contributed by atoms with Crippen molar-refractivity contribution in [3.8, 4) is 5.88 Å². The van der Waals surface area contributed by atoms with Gasteiger partial charge in [-0.3, -0.25) is 14.8 Å². The van der Waals surface area contributed by atoms with E-state index < -0.39 is 0 Å². The number of carbonyl (C=O) groups is 1.